The van der Waals surface area contributed by atoms with Crippen molar-refractivity contribution < 1.29 is 14.3 Å². The van der Waals surface area contributed by atoms with E-state index in [1.165, 1.54) is 0 Å². The number of carbonyl (C=O) groups excluding carboxylic acids is 1. The van der Waals surface area contributed by atoms with Gasteiger partial charge in [0.25, 0.3) is 5.91 Å². The van der Waals surface area contributed by atoms with Crippen molar-refractivity contribution in [3.05, 3.63) is 41.9 Å². The Morgan fingerprint density at radius 1 is 1.42 bits per heavy atom. The number of nitrogens with two attached hydrogens (primary N) is 1. The largest absolute Gasteiger partial charge is 0.489 e. The maximum absolute atomic E-state index is 11.2. The highest BCUT2D eigenvalue weighted by atomic mass is 16.5. The molecule has 0 radical (unpaired) electrons. The zero-order chi connectivity index (χ0) is 16.7. The predicted molar refractivity (Wildman–Crippen MR) is 85.1 cm³/mol. The summed E-state index contributed by atoms with van der Waals surface area (Å²) in [5, 5.41) is 4.22. The second-order valence-corrected chi connectivity index (χ2v) is 5.54. The van der Waals surface area contributed by atoms with Crippen LogP contribution in [0.5, 0.6) is 11.6 Å². The fourth-order valence-corrected chi connectivity index (χ4v) is 2.84. The number of carbonyl (C=O) groups is 1. The van der Waals surface area contributed by atoms with Gasteiger partial charge >= 0.3 is 0 Å². The van der Waals surface area contributed by atoms with E-state index < -0.39 is 5.91 Å². The predicted octanol–water partition coefficient (Wildman–Crippen LogP) is 1.11. The van der Waals surface area contributed by atoms with Crippen LogP contribution in [0.25, 0.3) is 11.0 Å². The quantitative estimate of drug-likeness (QED) is 0.773. The van der Waals surface area contributed by atoms with Gasteiger partial charge in [-0.1, -0.05) is 0 Å². The average Bonchev–Trinajstić information content (AvgIpc) is 3.11. The summed E-state index contributed by atoms with van der Waals surface area (Å²) >= 11 is 0. The van der Waals surface area contributed by atoms with Crippen molar-refractivity contribution in [3.63, 3.8) is 0 Å². The van der Waals surface area contributed by atoms with Crippen LogP contribution in [0.2, 0.25) is 0 Å². The molecule has 2 N–H and O–H groups in total. The van der Waals surface area contributed by atoms with Gasteiger partial charge in [0.2, 0.25) is 5.88 Å². The first kappa shape index (κ1) is 14.4. The number of rotatable bonds is 3. The van der Waals surface area contributed by atoms with Gasteiger partial charge in [-0.2, -0.15) is 5.10 Å². The summed E-state index contributed by atoms with van der Waals surface area (Å²) in [6.45, 7) is 0.435. The Morgan fingerprint density at radius 2 is 2.29 bits per heavy atom. The smallest absolute Gasteiger partial charge is 0.269 e. The summed E-state index contributed by atoms with van der Waals surface area (Å²) in [4.78, 5) is 20.1. The minimum Gasteiger partial charge on any atom is -0.489 e. The topological polar surface area (TPSA) is 105 Å². The lowest BCUT2D eigenvalue weighted by Crippen LogP contribution is -2.26. The van der Waals surface area contributed by atoms with E-state index in [9.17, 15) is 4.79 Å². The van der Waals surface area contributed by atoms with Crippen LogP contribution in [-0.2, 0) is 6.42 Å². The first-order valence-electron chi connectivity index (χ1n) is 7.46. The third kappa shape index (κ3) is 2.32. The van der Waals surface area contributed by atoms with E-state index in [4.69, 9.17) is 15.2 Å². The highest BCUT2D eigenvalue weighted by molar-refractivity contribution is 5.90. The molecule has 0 spiro atoms. The van der Waals surface area contributed by atoms with E-state index in [1.807, 2.05) is 6.07 Å². The SMILES string of the molecule is COc1ccc2ncc3c(c2n1)CC(n1ccc(C(N)=O)n1)CO3. The Hall–Kier alpha value is -3.16. The molecule has 0 saturated carbocycles. The molecule has 122 valence electrons. The van der Waals surface area contributed by atoms with Gasteiger partial charge in [-0.15, -0.1) is 0 Å². The first-order valence-corrected chi connectivity index (χ1v) is 7.46. The minimum absolute atomic E-state index is 0.0517. The number of pyridine rings is 2. The number of nitrogens with zero attached hydrogens (tertiary/aromatic N) is 4. The van der Waals surface area contributed by atoms with Crippen molar-refractivity contribution in [2.75, 3.05) is 13.7 Å². The van der Waals surface area contributed by atoms with Gasteiger partial charge in [-0.3, -0.25) is 14.5 Å². The normalized spacial score (nSPS) is 16.5. The molecular weight excluding hydrogens is 310 g/mol. The number of hydrogen-bond donors (Lipinski definition) is 1. The van der Waals surface area contributed by atoms with Crippen LogP contribution in [0, 0.1) is 0 Å². The van der Waals surface area contributed by atoms with Gasteiger partial charge in [0.1, 0.15) is 18.1 Å². The Kier molecular flexibility index (Phi) is 3.30. The number of fused-ring (bicyclic) bond motifs is 3. The molecule has 0 aromatic carbocycles. The second kappa shape index (κ2) is 5.48. The molecule has 1 aliphatic heterocycles. The van der Waals surface area contributed by atoms with E-state index in [1.54, 1.807) is 36.3 Å². The molecule has 3 aromatic rings. The molecule has 3 aromatic heterocycles. The minimum atomic E-state index is -0.549. The fourth-order valence-electron chi connectivity index (χ4n) is 2.84. The van der Waals surface area contributed by atoms with Crippen LogP contribution in [0.3, 0.4) is 0 Å². The van der Waals surface area contributed by atoms with Gasteiger partial charge in [0.15, 0.2) is 0 Å². The van der Waals surface area contributed by atoms with Crippen molar-refractivity contribution in [1.82, 2.24) is 19.7 Å². The molecule has 4 rings (SSSR count). The fraction of sp³-hybridized carbons (Fsp3) is 0.250. The van der Waals surface area contributed by atoms with Crippen molar-refractivity contribution >= 4 is 16.9 Å². The first-order chi connectivity index (χ1) is 11.7. The van der Waals surface area contributed by atoms with Crippen molar-refractivity contribution in [1.29, 1.82) is 0 Å². The van der Waals surface area contributed by atoms with E-state index in [2.05, 4.69) is 15.1 Å². The van der Waals surface area contributed by atoms with Crippen molar-refractivity contribution in [3.8, 4) is 11.6 Å². The molecule has 4 heterocycles. The summed E-state index contributed by atoms with van der Waals surface area (Å²) in [5.41, 5.74) is 7.97. The van der Waals surface area contributed by atoms with Crippen LogP contribution in [0.4, 0.5) is 0 Å². The number of aromatic nitrogens is 4. The lowest BCUT2D eigenvalue weighted by molar-refractivity contribution is 0.0993. The zero-order valence-corrected chi connectivity index (χ0v) is 13.0. The molecule has 1 atom stereocenters. The Bertz CT molecular complexity index is 931. The summed E-state index contributed by atoms with van der Waals surface area (Å²) in [5.74, 6) is 0.684. The van der Waals surface area contributed by atoms with Crippen LogP contribution >= 0.6 is 0 Å². The number of ether oxygens (including phenoxy) is 2. The Balaban J connectivity index is 1.74. The van der Waals surface area contributed by atoms with E-state index in [-0.39, 0.29) is 11.7 Å². The molecule has 8 nitrogen and oxygen atoms in total. The van der Waals surface area contributed by atoms with Gasteiger partial charge in [-0.05, 0) is 12.1 Å². The monoisotopic (exact) mass is 325 g/mol. The standard InChI is InChI=1S/C16H15N5O3/c1-23-14-3-2-11-15(19-14)10-6-9(8-24-13(10)7-18-11)21-5-4-12(20-21)16(17)22/h2-5,7,9H,6,8H2,1H3,(H2,17,22). The molecule has 1 unspecified atom stereocenters. The van der Waals surface area contributed by atoms with Crippen LogP contribution in [0.15, 0.2) is 30.6 Å². The maximum atomic E-state index is 11.2. The summed E-state index contributed by atoms with van der Waals surface area (Å²) in [7, 11) is 1.57. The average molecular weight is 325 g/mol. The van der Waals surface area contributed by atoms with Crippen LogP contribution in [-0.4, -0.2) is 39.4 Å². The lowest BCUT2D eigenvalue weighted by atomic mass is 10.0. The molecule has 8 heteroatoms. The third-order valence-corrected chi connectivity index (χ3v) is 4.07. The number of hydrogen-bond acceptors (Lipinski definition) is 6. The second-order valence-electron chi connectivity index (χ2n) is 5.54. The number of amides is 1. The Morgan fingerprint density at radius 3 is 3.04 bits per heavy atom. The number of primary amides is 1. The molecule has 0 saturated heterocycles. The third-order valence-electron chi connectivity index (χ3n) is 4.07. The summed E-state index contributed by atoms with van der Waals surface area (Å²) < 4.78 is 12.7. The highest BCUT2D eigenvalue weighted by Crippen LogP contribution is 2.33. The van der Waals surface area contributed by atoms with Gasteiger partial charge in [0, 0.05) is 24.2 Å². The van der Waals surface area contributed by atoms with E-state index in [0.29, 0.717) is 24.7 Å². The van der Waals surface area contributed by atoms with E-state index in [0.717, 1.165) is 16.6 Å². The van der Waals surface area contributed by atoms with Crippen LogP contribution in [0.1, 0.15) is 22.1 Å². The van der Waals surface area contributed by atoms with E-state index >= 15 is 0 Å². The summed E-state index contributed by atoms with van der Waals surface area (Å²) in [6.07, 6.45) is 4.10. The van der Waals surface area contributed by atoms with Crippen LogP contribution < -0.4 is 15.2 Å². The summed E-state index contributed by atoms with van der Waals surface area (Å²) in [6, 6.07) is 5.19. The molecular formula is C16H15N5O3. The maximum Gasteiger partial charge on any atom is 0.269 e. The molecule has 24 heavy (non-hydrogen) atoms. The molecule has 0 bridgehead atoms. The lowest BCUT2D eigenvalue weighted by Gasteiger charge is -2.26. The van der Waals surface area contributed by atoms with Crippen molar-refractivity contribution in [2.24, 2.45) is 5.73 Å². The molecule has 0 fully saturated rings. The number of methoxy groups -OCH3 is 1. The highest BCUT2D eigenvalue weighted by Gasteiger charge is 2.25. The van der Waals surface area contributed by atoms with Gasteiger partial charge in [0.05, 0.1) is 30.4 Å². The zero-order valence-electron chi connectivity index (χ0n) is 13.0. The molecule has 1 amide bonds. The molecule has 1 aliphatic rings. The van der Waals surface area contributed by atoms with Crippen molar-refractivity contribution in [2.45, 2.75) is 12.5 Å². The molecule has 0 aliphatic carbocycles. The van der Waals surface area contributed by atoms with Gasteiger partial charge < -0.3 is 15.2 Å². The Labute approximate surface area is 137 Å². The van der Waals surface area contributed by atoms with Gasteiger partial charge in [-0.25, -0.2) is 4.98 Å².